The van der Waals surface area contributed by atoms with Gasteiger partial charge in [-0.3, -0.25) is 0 Å². The molecular formula is C14H21NS. The lowest BCUT2D eigenvalue weighted by molar-refractivity contribution is 0.448. The molecule has 0 fully saturated rings. The fraction of sp³-hybridized carbons (Fsp3) is 0.571. The Kier molecular flexibility index (Phi) is 4.30. The van der Waals surface area contributed by atoms with Crippen LogP contribution in [0.3, 0.4) is 0 Å². The zero-order valence-corrected chi connectivity index (χ0v) is 11.0. The molecule has 2 heteroatoms. The van der Waals surface area contributed by atoms with E-state index in [2.05, 4.69) is 43.4 Å². The summed E-state index contributed by atoms with van der Waals surface area (Å²) in [5.41, 5.74) is 1.51. The first kappa shape index (κ1) is 12.0. The molecule has 0 radical (unpaired) electrons. The van der Waals surface area contributed by atoms with Crippen molar-refractivity contribution in [3.8, 4) is 0 Å². The zero-order valence-electron chi connectivity index (χ0n) is 10.2. The van der Waals surface area contributed by atoms with Gasteiger partial charge in [0, 0.05) is 10.9 Å². The Hall–Kier alpha value is -0.470. The number of benzene rings is 1. The summed E-state index contributed by atoms with van der Waals surface area (Å²) >= 11 is 2.01. The van der Waals surface area contributed by atoms with E-state index in [1.807, 2.05) is 11.8 Å². The highest BCUT2D eigenvalue weighted by atomic mass is 32.2. The highest BCUT2D eigenvalue weighted by molar-refractivity contribution is 7.99. The van der Waals surface area contributed by atoms with Crippen LogP contribution in [0.1, 0.15) is 38.3 Å². The van der Waals surface area contributed by atoms with Gasteiger partial charge in [0.25, 0.3) is 0 Å². The molecule has 88 valence electrons. The van der Waals surface area contributed by atoms with Crippen molar-refractivity contribution >= 4 is 11.8 Å². The van der Waals surface area contributed by atoms with Gasteiger partial charge in [-0.25, -0.2) is 0 Å². The third-order valence-electron chi connectivity index (χ3n) is 2.96. The summed E-state index contributed by atoms with van der Waals surface area (Å²) in [6, 6.07) is 9.42. The van der Waals surface area contributed by atoms with Gasteiger partial charge in [-0.2, -0.15) is 0 Å². The Morgan fingerprint density at radius 2 is 2.19 bits per heavy atom. The van der Waals surface area contributed by atoms with Crippen LogP contribution >= 0.6 is 11.8 Å². The molecule has 16 heavy (non-hydrogen) atoms. The molecule has 0 saturated heterocycles. The first-order valence-electron chi connectivity index (χ1n) is 6.22. The Bertz CT molecular complexity index is 335. The Morgan fingerprint density at radius 3 is 3.00 bits per heavy atom. The summed E-state index contributed by atoms with van der Waals surface area (Å²) in [5, 5.41) is 3.70. The Labute approximate surface area is 103 Å². The highest BCUT2D eigenvalue weighted by Gasteiger charge is 2.17. The maximum atomic E-state index is 3.70. The Morgan fingerprint density at radius 1 is 1.38 bits per heavy atom. The van der Waals surface area contributed by atoms with Crippen LogP contribution in [-0.2, 0) is 0 Å². The lowest BCUT2D eigenvalue weighted by Crippen LogP contribution is -2.25. The van der Waals surface area contributed by atoms with Crippen molar-refractivity contribution in [1.29, 1.82) is 0 Å². The molecule has 1 atom stereocenters. The van der Waals surface area contributed by atoms with E-state index in [-0.39, 0.29) is 0 Å². The van der Waals surface area contributed by atoms with E-state index in [1.165, 1.54) is 29.1 Å². The van der Waals surface area contributed by atoms with Crippen LogP contribution in [0.15, 0.2) is 29.2 Å². The second kappa shape index (κ2) is 5.74. The van der Waals surface area contributed by atoms with Crippen LogP contribution in [0.2, 0.25) is 0 Å². The number of rotatable bonds is 3. The third kappa shape index (κ3) is 3.02. The first-order chi connectivity index (χ1) is 7.77. The first-order valence-corrected chi connectivity index (χ1v) is 7.21. The molecule has 0 amide bonds. The van der Waals surface area contributed by atoms with Gasteiger partial charge in [0.2, 0.25) is 0 Å². The minimum absolute atomic E-state index is 0.564. The summed E-state index contributed by atoms with van der Waals surface area (Å²) in [4.78, 5) is 1.47. The molecule has 1 aromatic rings. The van der Waals surface area contributed by atoms with Crippen molar-refractivity contribution in [3.05, 3.63) is 29.8 Å². The Balaban J connectivity index is 2.12. The summed E-state index contributed by atoms with van der Waals surface area (Å²) in [6.45, 7) is 5.65. The van der Waals surface area contributed by atoms with Crippen molar-refractivity contribution in [2.45, 2.75) is 37.6 Å². The molecule has 1 nitrogen and oxygen atoms in total. The minimum Gasteiger partial charge on any atom is -0.310 e. The second-order valence-electron chi connectivity index (χ2n) is 4.88. The summed E-state index contributed by atoms with van der Waals surface area (Å²) < 4.78 is 0. The van der Waals surface area contributed by atoms with Crippen molar-refractivity contribution in [2.75, 3.05) is 12.3 Å². The van der Waals surface area contributed by atoms with E-state index in [0.29, 0.717) is 6.04 Å². The van der Waals surface area contributed by atoms with E-state index in [0.717, 1.165) is 12.5 Å². The predicted octanol–water partition coefficient (Wildman–Crippen LogP) is 3.86. The number of thioether (sulfide) groups is 1. The minimum atomic E-state index is 0.564. The SMILES string of the molecule is CC(C)CNC1CCCSc2ccccc21. The van der Waals surface area contributed by atoms with Gasteiger partial charge >= 0.3 is 0 Å². The molecule has 0 spiro atoms. The van der Waals surface area contributed by atoms with Gasteiger partial charge in [0.1, 0.15) is 0 Å². The molecular weight excluding hydrogens is 214 g/mol. The van der Waals surface area contributed by atoms with Gasteiger partial charge in [-0.1, -0.05) is 32.0 Å². The number of hydrogen-bond acceptors (Lipinski definition) is 2. The van der Waals surface area contributed by atoms with Crippen molar-refractivity contribution in [1.82, 2.24) is 5.32 Å². The molecule has 1 heterocycles. The van der Waals surface area contributed by atoms with Crippen molar-refractivity contribution in [3.63, 3.8) is 0 Å². The van der Waals surface area contributed by atoms with E-state index >= 15 is 0 Å². The van der Waals surface area contributed by atoms with Gasteiger partial charge in [-0.05, 0) is 42.7 Å². The number of hydrogen-bond donors (Lipinski definition) is 1. The molecule has 0 aliphatic carbocycles. The smallest absolute Gasteiger partial charge is 0.0331 e. The number of fused-ring (bicyclic) bond motifs is 1. The lowest BCUT2D eigenvalue weighted by atomic mass is 10.0. The highest BCUT2D eigenvalue weighted by Crippen LogP contribution is 2.34. The maximum Gasteiger partial charge on any atom is 0.0331 e. The van der Waals surface area contributed by atoms with Crippen LogP contribution in [0.4, 0.5) is 0 Å². The molecule has 2 rings (SSSR count). The quantitative estimate of drug-likeness (QED) is 0.854. The summed E-state index contributed by atoms with van der Waals surface area (Å²) in [6.07, 6.45) is 2.59. The fourth-order valence-electron chi connectivity index (χ4n) is 2.11. The van der Waals surface area contributed by atoms with E-state index in [9.17, 15) is 0 Å². The van der Waals surface area contributed by atoms with Crippen LogP contribution in [0.5, 0.6) is 0 Å². The summed E-state index contributed by atoms with van der Waals surface area (Å²) in [5.74, 6) is 1.99. The average Bonchev–Trinajstić information content (AvgIpc) is 2.48. The summed E-state index contributed by atoms with van der Waals surface area (Å²) in [7, 11) is 0. The zero-order chi connectivity index (χ0) is 11.4. The molecule has 0 bridgehead atoms. The van der Waals surface area contributed by atoms with Gasteiger partial charge < -0.3 is 5.32 Å². The van der Waals surface area contributed by atoms with Gasteiger partial charge in [0.05, 0.1) is 0 Å². The topological polar surface area (TPSA) is 12.0 Å². The lowest BCUT2D eigenvalue weighted by Gasteiger charge is -2.20. The molecule has 1 aliphatic heterocycles. The molecule has 1 aliphatic rings. The standard InChI is InChI=1S/C14H21NS/c1-11(2)10-15-13-7-5-9-16-14-8-4-3-6-12(13)14/h3-4,6,8,11,13,15H,5,7,9-10H2,1-2H3. The molecule has 0 aromatic heterocycles. The number of nitrogens with one attached hydrogen (secondary N) is 1. The van der Waals surface area contributed by atoms with Gasteiger partial charge in [-0.15, -0.1) is 11.8 Å². The fourth-order valence-corrected chi connectivity index (χ4v) is 3.20. The van der Waals surface area contributed by atoms with Crippen LogP contribution in [0.25, 0.3) is 0 Å². The van der Waals surface area contributed by atoms with Crippen LogP contribution < -0.4 is 5.32 Å². The largest absolute Gasteiger partial charge is 0.310 e. The molecule has 1 N–H and O–H groups in total. The van der Waals surface area contributed by atoms with E-state index in [1.54, 1.807) is 0 Å². The monoisotopic (exact) mass is 235 g/mol. The van der Waals surface area contributed by atoms with Gasteiger partial charge in [0.15, 0.2) is 0 Å². The molecule has 1 unspecified atom stereocenters. The third-order valence-corrected chi connectivity index (χ3v) is 4.14. The second-order valence-corrected chi connectivity index (χ2v) is 6.02. The average molecular weight is 235 g/mol. The van der Waals surface area contributed by atoms with E-state index in [4.69, 9.17) is 0 Å². The molecule has 1 aromatic carbocycles. The maximum absolute atomic E-state index is 3.70. The molecule has 0 saturated carbocycles. The van der Waals surface area contributed by atoms with Crippen molar-refractivity contribution < 1.29 is 0 Å². The predicted molar refractivity (Wildman–Crippen MR) is 72.0 cm³/mol. The van der Waals surface area contributed by atoms with E-state index < -0.39 is 0 Å². The normalized spacial score (nSPS) is 20.6. The van der Waals surface area contributed by atoms with Crippen LogP contribution in [-0.4, -0.2) is 12.3 Å². The van der Waals surface area contributed by atoms with Crippen LogP contribution in [0, 0.1) is 5.92 Å². The van der Waals surface area contributed by atoms with Crippen molar-refractivity contribution in [2.24, 2.45) is 5.92 Å².